The van der Waals surface area contributed by atoms with Gasteiger partial charge in [-0.1, -0.05) is 36.4 Å². The van der Waals surface area contributed by atoms with Crippen molar-refractivity contribution in [3.05, 3.63) is 89.5 Å². The molecule has 1 N–H and O–H groups in total. The van der Waals surface area contributed by atoms with Crippen LogP contribution in [0.25, 0.3) is 0 Å². The first-order valence-electron chi connectivity index (χ1n) is 11.7. The van der Waals surface area contributed by atoms with Gasteiger partial charge in [-0.2, -0.15) is 0 Å². The lowest BCUT2D eigenvalue weighted by Crippen LogP contribution is -2.47. The van der Waals surface area contributed by atoms with E-state index in [0.717, 1.165) is 37.6 Å². The van der Waals surface area contributed by atoms with Gasteiger partial charge < -0.3 is 19.9 Å². The molecule has 0 aromatic heterocycles. The number of amides is 1. The highest BCUT2D eigenvalue weighted by Crippen LogP contribution is 2.25. The summed E-state index contributed by atoms with van der Waals surface area (Å²) in [6.07, 6.45) is 0. The van der Waals surface area contributed by atoms with Crippen LogP contribution in [0.1, 0.15) is 16.7 Å². The van der Waals surface area contributed by atoms with Crippen molar-refractivity contribution in [2.45, 2.75) is 19.6 Å². The number of carbonyl (C=O) groups excluding carboxylic acids is 1. The first kappa shape index (κ1) is 23.6. The summed E-state index contributed by atoms with van der Waals surface area (Å²) in [5.41, 5.74) is 6.02. The minimum atomic E-state index is 0.0998. The molecule has 1 amide bonds. The molecule has 1 aliphatic heterocycles. The fourth-order valence-corrected chi connectivity index (χ4v) is 4.32. The Balaban J connectivity index is 1.60. The number of anilines is 2. The van der Waals surface area contributed by atoms with Crippen LogP contribution in [0.4, 0.5) is 11.4 Å². The van der Waals surface area contributed by atoms with Gasteiger partial charge in [-0.3, -0.25) is 9.69 Å². The monoisotopic (exact) mass is 458 g/mol. The van der Waals surface area contributed by atoms with Crippen molar-refractivity contribution in [1.82, 2.24) is 10.2 Å². The number of hydrogen-bond donors (Lipinski definition) is 1. The summed E-state index contributed by atoms with van der Waals surface area (Å²) in [6.45, 7) is 4.36. The Morgan fingerprint density at radius 3 is 2.24 bits per heavy atom. The third-order valence-electron chi connectivity index (χ3n) is 6.11. The summed E-state index contributed by atoms with van der Waals surface area (Å²) in [5, 5.41) is 2.90. The van der Waals surface area contributed by atoms with Crippen LogP contribution in [0.2, 0.25) is 0 Å². The summed E-state index contributed by atoms with van der Waals surface area (Å²) >= 11 is 0. The predicted octanol–water partition coefficient (Wildman–Crippen LogP) is 3.90. The van der Waals surface area contributed by atoms with Gasteiger partial charge in [0.1, 0.15) is 5.75 Å². The fourth-order valence-electron chi connectivity index (χ4n) is 4.32. The third-order valence-corrected chi connectivity index (χ3v) is 6.11. The van der Waals surface area contributed by atoms with Gasteiger partial charge in [-0.15, -0.1) is 0 Å². The van der Waals surface area contributed by atoms with Crippen LogP contribution in [0.5, 0.6) is 5.75 Å². The van der Waals surface area contributed by atoms with Gasteiger partial charge in [-0.25, -0.2) is 0 Å². The highest BCUT2D eigenvalue weighted by molar-refractivity contribution is 5.78. The molecule has 3 aromatic carbocycles. The fraction of sp³-hybridized carbons (Fsp3) is 0.321. The Morgan fingerprint density at radius 1 is 0.882 bits per heavy atom. The lowest BCUT2D eigenvalue weighted by Gasteiger charge is -2.28. The molecule has 0 radical (unpaired) electrons. The summed E-state index contributed by atoms with van der Waals surface area (Å²) < 4.78 is 5.45. The quantitative estimate of drug-likeness (QED) is 0.527. The van der Waals surface area contributed by atoms with Crippen molar-refractivity contribution < 1.29 is 9.53 Å². The largest absolute Gasteiger partial charge is 0.497 e. The van der Waals surface area contributed by atoms with E-state index in [1.807, 2.05) is 12.1 Å². The van der Waals surface area contributed by atoms with Crippen LogP contribution in [0, 0.1) is 0 Å². The third kappa shape index (κ3) is 6.29. The standard InChI is InChI=1S/C28H34N4O2/c1-30(2)25-10-4-8-23(15-25)19-32(20-24-9-6-12-27(17-24)34-3)26-11-5-7-22(16-26)18-31-14-13-29-28(33)21-31/h4-12,15-17H,13-14,18-21H2,1-3H3,(H,29,33). The molecule has 0 saturated carbocycles. The first-order chi connectivity index (χ1) is 16.5. The molecule has 4 rings (SSSR count). The van der Waals surface area contributed by atoms with Crippen LogP contribution in [-0.4, -0.2) is 51.6 Å². The molecular weight excluding hydrogens is 424 g/mol. The Bertz CT molecular complexity index is 1110. The molecule has 1 saturated heterocycles. The number of rotatable bonds is 9. The van der Waals surface area contributed by atoms with Gasteiger partial charge in [0.05, 0.1) is 13.7 Å². The maximum Gasteiger partial charge on any atom is 0.234 e. The Labute approximate surface area is 202 Å². The molecule has 0 bridgehead atoms. The van der Waals surface area contributed by atoms with Crippen LogP contribution < -0.4 is 19.9 Å². The number of ether oxygens (including phenoxy) is 1. The molecular formula is C28H34N4O2. The van der Waals surface area contributed by atoms with Gasteiger partial charge >= 0.3 is 0 Å². The smallest absolute Gasteiger partial charge is 0.234 e. The maximum atomic E-state index is 11.8. The van der Waals surface area contributed by atoms with Crippen molar-refractivity contribution >= 4 is 17.3 Å². The van der Waals surface area contributed by atoms with E-state index >= 15 is 0 Å². The van der Waals surface area contributed by atoms with Crippen molar-refractivity contribution in [3.63, 3.8) is 0 Å². The number of nitrogens with zero attached hydrogens (tertiary/aromatic N) is 3. The molecule has 0 unspecified atom stereocenters. The molecule has 0 spiro atoms. The lowest BCUT2D eigenvalue weighted by atomic mass is 10.1. The molecule has 1 aliphatic rings. The van der Waals surface area contributed by atoms with Crippen molar-refractivity contribution in [2.24, 2.45) is 0 Å². The zero-order valence-electron chi connectivity index (χ0n) is 20.3. The van der Waals surface area contributed by atoms with Gasteiger partial charge in [0, 0.05) is 58.2 Å². The van der Waals surface area contributed by atoms with E-state index in [0.29, 0.717) is 13.1 Å². The van der Waals surface area contributed by atoms with Crippen LogP contribution in [-0.2, 0) is 24.4 Å². The normalized spacial score (nSPS) is 13.9. The topological polar surface area (TPSA) is 48.1 Å². The average molecular weight is 459 g/mol. The zero-order valence-corrected chi connectivity index (χ0v) is 20.3. The second-order valence-corrected chi connectivity index (χ2v) is 9.00. The first-order valence-corrected chi connectivity index (χ1v) is 11.7. The second kappa shape index (κ2) is 11.1. The number of carbonyl (C=O) groups is 1. The number of nitrogens with one attached hydrogen (secondary N) is 1. The van der Waals surface area contributed by atoms with E-state index < -0.39 is 0 Å². The maximum absolute atomic E-state index is 11.8. The van der Waals surface area contributed by atoms with Crippen LogP contribution in [0.15, 0.2) is 72.8 Å². The van der Waals surface area contributed by atoms with E-state index in [4.69, 9.17) is 4.74 Å². The summed E-state index contributed by atoms with van der Waals surface area (Å²) in [6, 6.07) is 25.6. The Kier molecular flexibility index (Phi) is 7.70. The number of hydrogen-bond acceptors (Lipinski definition) is 5. The highest BCUT2D eigenvalue weighted by atomic mass is 16.5. The van der Waals surface area contributed by atoms with Gasteiger partial charge in [0.15, 0.2) is 0 Å². The van der Waals surface area contributed by atoms with Crippen LogP contribution >= 0.6 is 0 Å². The van der Waals surface area contributed by atoms with E-state index in [1.165, 1.54) is 22.4 Å². The highest BCUT2D eigenvalue weighted by Gasteiger charge is 2.17. The summed E-state index contributed by atoms with van der Waals surface area (Å²) in [7, 11) is 5.84. The van der Waals surface area contributed by atoms with Crippen molar-refractivity contribution in [1.29, 1.82) is 0 Å². The Morgan fingerprint density at radius 2 is 1.53 bits per heavy atom. The number of benzene rings is 3. The van der Waals surface area contributed by atoms with E-state index in [-0.39, 0.29) is 5.91 Å². The molecule has 3 aromatic rings. The zero-order chi connectivity index (χ0) is 23.9. The molecule has 1 fully saturated rings. The summed E-state index contributed by atoms with van der Waals surface area (Å²) in [4.78, 5) is 18.5. The van der Waals surface area contributed by atoms with Crippen LogP contribution in [0.3, 0.4) is 0 Å². The van der Waals surface area contributed by atoms with Crippen molar-refractivity contribution in [3.8, 4) is 5.75 Å². The second-order valence-electron chi connectivity index (χ2n) is 9.00. The van der Waals surface area contributed by atoms with E-state index in [2.05, 4.69) is 94.8 Å². The molecule has 34 heavy (non-hydrogen) atoms. The molecule has 1 heterocycles. The SMILES string of the molecule is COc1cccc(CN(Cc2cccc(N(C)C)c2)c2cccc(CN3CCNC(=O)C3)c2)c1. The lowest BCUT2D eigenvalue weighted by molar-refractivity contribution is -0.124. The average Bonchev–Trinajstić information content (AvgIpc) is 2.84. The molecule has 6 nitrogen and oxygen atoms in total. The van der Waals surface area contributed by atoms with E-state index in [1.54, 1.807) is 7.11 Å². The van der Waals surface area contributed by atoms with Gasteiger partial charge in [0.25, 0.3) is 0 Å². The van der Waals surface area contributed by atoms with Gasteiger partial charge in [0.2, 0.25) is 5.91 Å². The molecule has 178 valence electrons. The molecule has 0 atom stereocenters. The molecule has 0 aliphatic carbocycles. The number of piperazine rings is 1. The number of methoxy groups -OCH3 is 1. The minimum absolute atomic E-state index is 0.0998. The summed E-state index contributed by atoms with van der Waals surface area (Å²) in [5.74, 6) is 0.965. The van der Waals surface area contributed by atoms with Gasteiger partial charge in [-0.05, 0) is 53.1 Å². The minimum Gasteiger partial charge on any atom is -0.497 e. The van der Waals surface area contributed by atoms with Crippen molar-refractivity contribution in [2.75, 3.05) is 50.6 Å². The molecule has 6 heteroatoms. The predicted molar refractivity (Wildman–Crippen MR) is 138 cm³/mol. The van der Waals surface area contributed by atoms with E-state index in [9.17, 15) is 4.79 Å². The Hall–Kier alpha value is -3.51.